The van der Waals surface area contributed by atoms with Gasteiger partial charge in [0, 0.05) is 6.04 Å². The molecule has 0 aliphatic carbocycles. The number of hydrogen-bond acceptors (Lipinski definition) is 3. The summed E-state index contributed by atoms with van der Waals surface area (Å²) < 4.78 is 5.42. The fourth-order valence-corrected chi connectivity index (χ4v) is 2.22. The van der Waals surface area contributed by atoms with Crippen LogP contribution in [-0.2, 0) is 0 Å². The molecule has 0 aromatic heterocycles. The van der Waals surface area contributed by atoms with Gasteiger partial charge in [0.15, 0.2) is 0 Å². The summed E-state index contributed by atoms with van der Waals surface area (Å²) in [5.41, 5.74) is 2.12. The summed E-state index contributed by atoms with van der Waals surface area (Å²) in [5.74, 6) is 0.828. The van der Waals surface area contributed by atoms with Crippen molar-refractivity contribution in [3.05, 3.63) is 65.7 Å². The van der Waals surface area contributed by atoms with E-state index in [1.807, 2.05) is 49.4 Å². The second-order valence-electron chi connectivity index (χ2n) is 4.86. The highest BCUT2D eigenvalue weighted by Gasteiger charge is 2.14. The van der Waals surface area contributed by atoms with Gasteiger partial charge in [0.05, 0.1) is 12.7 Å². The van der Waals surface area contributed by atoms with Gasteiger partial charge in [0.25, 0.3) is 0 Å². The Morgan fingerprint density at radius 3 is 2.29 bits per heavy atom. The van der Waals surface area contributed by atoms with E-state index in [-0.39, 0.29) is 12.1 Å². The summed E-state index contributed by atoms with van der Waals surface area (Å²) in [6.07, 6.45) is 0. The zero-order chi connectivity index (χ0) is 15.1. The van der Waals surface area contributed by atoms with E-state index in [9.17, 15) is 5.26 Å². The molecule has 21 heavy (non-hydrogen) atoms. The normalized spacial score (nSPS) is 13.2. The van der Waals surface area contributed by atoms with Crippen LogP contribution in [0.4, 0.5) is 0 Å². The first-order valence-corrected chi connectivity index (χ1v) is 7.18. The quantitative estimate of drug-likeness (QED) is 0.869. The summed E-state index contributed by atoms with van der Waals surface area (Å²) in [5, 5.41) is 12.8. The molecule has 0 saturated carbocycles. The van der Waals surface area contributed by atoms with Crippen LogP contribution < -0.4 is 10.1 Å². The third-order valence-electron chi connectivity index (χ3n) is 3.37. The van der Waals surface area contributed by atoms with Crippen molar-refractivity contribution in [2.45, 2.75) is 25.9 Å². The van der Waals surface area contributed by atoms with Gasteiger partial charge in [-0.3, -0.25) is 5.32 Å². The monoisotopic (exact) mass is 280 g/mol. The number of benzene rings is 2. The smallest absolute Gasteiger partial charge is 0.121 e. The zero-order valence-corrected chi connectivity index (χ0v) is 12.4. The van der Waals surface area contributed by atoms with Crippen molar-refractivity contribution in [3.63, 3.8) is 0 Å². The van der Waals surface area contributed by atoms with Crippen molar-refractivity contribution in [2.75, 3.05) is 6.61 Å². The average molecular weight is 280 g/mol. The molecule has 0 aliphatic heterocycles. The highest BCUT2D eigenvalue weighted by molar-refractivity contribution is 5.32. The molecule has 0 fully saturated rings. The lowest BCUT2D eigenvalue weighted by atomic mass is 10.0. The Bertz CT molecular complexity index is 587. The number of hydrogen-bond donors (Lipinski definition) is 1. The van der Waals surface area contributed by atoms with E-state index in [1.54, 1.807) is 0 Å². The van der Waals surface area contributed by atoms with E-state index < -0.39 is 0 Å². The second-order valence-corrected chi connectivity index (χ2v) is 4.86. The van der Waals surface area contributed by atoms with Crippen molar-refractivity contribution in [3.8, 4) is 11.8 Å². The van der Waals surface area contributed by atoms with Crippen LogP contribution in [0.2, 0.25) is 0 Å². The molecule has 2 rings (SSSR count). The number of ether oxygens (including phenoxy) is 1. The lowest BCUT2D eigenvalue weighted by molar-refractivity contribution is 0.340. The molecular weight excluding hydrogens is 260 g/mol. The third kappa shape index (κ3) is 4.08. The predicted molar refractivity (Wildman–Crippen MR) is 84.0 cm³/mol. The van der Waals surface area contributed by atoms with Crippen molar-refractivity contribution in [1.82, 2.24) is 5.32 Å². The number of rotatable bonds is 6. The Hall–Kier alpha value is -2.31. The zero-order valence-electron chi connectivity index (χ0n) is 12.4. The molecule has 108 valence electrons. The molecule has 2 aromatic rings. The van der Waals surface area contributed by atoms with Gasteiger partial charge in [0.2, 0.25) is 0 Å². The largest absolute Gasteiger partial charge is 0.494 e. The van der Waals surface area contributed by atoms with Crippen molar-refractivity contribution < 1.29 is 4.74 Å². The minimum atomic E-state index is -0.337. The Labute approximate surface area is 126 Å². The van der Waals surface area contributed by atoms with Crippen LogP contribution in [0.3, 0.4) is 0 Å². The van der Waals surface area contributed by atoms with Gasteiger partial charge >= 0.3 is 0 Å². The van der Waals surface area contributed by atoms with E-state index in [0.717, 1.165) is 11.3 Å². The van der Waals surface area contributed by atoms with Crippen LogP contribution in [0, 0.1) is 11.3 Å². The van der Waals surface area contributed by atoms with Crippen LogP contribution in [0.5, 0.6) is 5.75 Å². The van der Waals surface area contributed by atoms with Gasteiger partial charge in [0.1, 0.15) is 11.8 Å². The maximum absolute atomic E-state index is 9.40. The molecular formula is C18H20N2O. The number of nitrogens with zero attached hydrogens (tertiary/aromatic N) is 1. The summed E-state index contributed by atoms with van der Waals surface area (Å²) >= 11 is 0. The molecule has 2 aromatic carbocycles. The maximum Gasteiger partial charge on any atom is 0.121 e. The van der Waals surface area contributed by atoms with Crippen molar-refractivity contribution >= 4 is 0 Å². The molecule has 1 N–H and O–H groups in total. The molecule has 0 saturated heterocycles. The van der Waals surface area contributed by atoms with Gasteiger partial charge in [-0.25, -0.2) is 0 Å². The van der Waals surface area contributed by atoms with Crippen molar-refractivity contribution in [1.29, 1.82) is 5.26 Å². The first-order valence-electron chi connectivity index (χ1n) is 7.18. The maximum atomic E-state index is 9.40. The van der Waals surface area contributed by atoms with E-state index >= 15 is 0 Å². The first kappa shape index (κ1) is 15.1. The molecule has 0 amide bonds. The fraction of sp³-hybridized carbons (Fsp3) is 0.278. The minimum absolute atomic E-state index is 0.113. The minimum Gasteiger partial charge on any atom is -0.494 e. The van der Waals surface area contributed by atoms with E-state index in [0.29, 0.717) is 6.61 Å². The fourth-order valence-electron chi connectivity index (χ4n) is 2.22. The lowest BCUT2D eigenvalue weighted by Gasteiger charge is -2.19. The topological polar surface area (TPSA) is 45.0 Å². The van der Waals surface area contributed by atoms with E-state index in [4.69, 9.17) is 4.74 Å². The first-order chi connectivity index (χ1) is 10.2. The molecule has 3 heteroatoms. The standard InChI is InChI=1S/C18H20N2O/c1-3-21-17-11-9-16(10-12-17)18(13-19)20-14(2)15-7-5-4-6-8-15/h4-12,14,18,20H,3H2,1-2H3. The SMILES string of the molecule is CCOc1ccc(C(C#N)NC(C)c2ccccc2)cc1. The second kappa shape index (κ2) is 7.47. The van der Waals surface area contributed by atoms with E-state index in [2.05, 4.69) is 30.4 Å². The number of nitrogens with one attached hydrogen (secondary N) is 1. The van der Waals surface area contributed by atoms with Gasteiger partial charge in [-0.15, -0.1) is 0 Å². The molecule has 0 bridgehead atoms. The summed E-state index contributed by atoms with van der Waals surface area (Å²) in [6, 6.07) is 19.9. The van der Waals surface area contributed by atoms with Crippen LogP contribution in [-0.4, -0.2) is 6.61 Å². The lowest BCUT2D eigenvalue weighted by Crippen LogP contribution is -2.23. The van der Waals surface area contributed by atoms with Crippen LogP contribution in [0.15, 0.2) is 54.6 Å². The Kier molecular flexibility index (Phi) is 5.36. The average Bonchev–Trinajstić information content (AvgIpc) is 2.54. The summed E-state index contributed by atoms with van der Waals surface area (Å²) in [4.78, 5) is 0. The van der Waals surface area contributed by atoms with Gasteiger partial charge in [-0.05, 0) is 37.1 Å². The van der Waals surface area contributed by atoms with Gasteiger partial charge < -0.3 is 4.74 Å². The Morgan fingerprint density at radius 1 is 1.05 bits per heavy atom. The molecule has 0 radical (unpaired) electrons. The van der Waals surface area contributed by atoms with Gasteiger partial charge in [-0.2, -0.15) is 5.26 Å². The van der Waals surface area contributed by atoms with Crippen LogP contribution in [0.1, 0.15) is 37.1 Å². The Morgan fingerprint density at radius 2 is 1.71 bits per heavy atom. The van der Waals surface area contributed by atoms with E-state index in [1.165, 1.54) is 5.56 Å². The predicted octanol–water partition coefficient (Wildman–Crippen LogP) is 4.00. The van der Waals surface area contributed by atoms with Crippen LogP contribution in [0.25, 0.3) is 0 Å². The van der Waals surface area contributed by atoms with Crippen molar-refractivity contribution in [2.24, 2.45) is 0 Å². The highest BCUT2D eigenvalue weighted by Crippen LogP contribution is 2.21. The number of nitriles is 1. The third-order valence-corrected chi connectivity index (χ3v) is 3.37. The Balaban J connectivity index is 2.08. The molecule has 0 spiro atoms. The van der Waals surface area contributed by atoms with Crippen LogP contribution >= 0.6 is 0 Å². The summed E-state index contributed by atoms with van der Waals surface area (Å²) in [7, 11) is 0. The highest BCUT2D eigenvalue weighted by atomic mass is 16.5. The molecule has 0 aliphatic rings. The molecule has 2 unspecified atom stereocenters. The van der Waals surface area contributed by atoms with Gasteiger partial charge in [-0.1, -0.05) is 42.5 Å². The molecule has 2 atom stereocenters. The molecule has 0 heterocycles. The molecule has 3 nitrogen and oxygen atoms in total. The summed E-state index contributed by atoms with van der Waals surface area (Å²) in [6.45, 7) is 4.66.